The Morgan fingerprint density at radius 2 is 1.81 bits per heavy atom. The normalized spacial score (nSPS) is 26.3. The maximum atomic E-state index is 13.6. The predicted molar refractivity (Wildman–Crippen MR) is 122 cm³/mol. The molecular weight excluding hydrogens is 458 g/mol. The van der Waals surface area contributed by atoms with Gasteiger partial charge in [0.25, 0.3) is 5.91 Å². The predicted octanol–water partition coefficient (Wildman–Crippen LogP) is 2.95. The zero-order chi connectivity index (χ0) is 21.7. The summed E-state index contributed by atoms with van der Waals surface area (Å²) in [5, 5.41) is 3.56. The highest BCUT2D eigenvalue weighted by molar-refractivity contribution is 9.10. The van der Waals surface area contributed by atoms with Crippen molar-refractivity contribution >= 4 is 33.6 Å². The molecule has 31 heavy (non-hydrogen) atoms. The van der Waals surface area contributed by atoms with E-state index in [9.17, 15) is 9.59 Å². The van der Waals surface area contributed by atoms with E-state index < -0.39 is 6.04 Å². The molecule has 2 aromatic carbocycles. The number of carbonyl (C=O) groups is 2. The molecule has 3 amide bonds. The lowest BCUT2D eigenvalue weighted by Crippen LogP contribution is -2.66. The number of imide groups is 1. The summed E-state index contributed by atoms with van der Waals surface area (Å²) in [6.45, 7) is 4.02. The van der Waals surface area contributed by atoms with Gasteiger partial charge in [0.1, 0.15) is 18.5 Å². The number of hydrogen-bond acceptors (Lipinski definition) is 5. The van der Waals surface area contributed by atoms with Gasteiger partial charge in [-0.05, 0) is 48.7 Å². The number of fused-ring (bicyclic) bond motifs is 3. The smallest absolute Gasteiger partial charge is 0.328 e. The van der Waals surface area contributed by atoms with E-state index in [4.69, 9.17) is 0 Å². The van der Waals surface area contributed by atoms with Crippen molar-refractivity contribution in [2.45, 2.75) is 38.4 Å². The molecule has 0 aliphatic carbocycles. The lowest BCUT2D eigenvalue weighted by molar-refractivity contribution is -0.139. The van der Waals surface area contributed by atoms with Crippen molar-refractivity contribution in [3.63, 3.8) is 0 Å². The summed E-state index contributed by atoms with van der Waals surface area (Å²) in [7, 11) is 1.78. The molecule has 0 bridgehead atoms. The molecule has 0 spiro atoms. The van der Waals surface area contributed by atoms with Gasteiger partial charge in [0.2, 0.25) is 0 Å². The molecule has 3 fully saturated rings. The largest absolute Gasteiger partial charge is 0.343 e. The molecule has 8 heteroatoms. The van der Waals surface area contributed by atoms with Crippen LogP contribution in [0.2, 0.25) is 0 Å². The minimum absolute atomic E-state index is 0.121. The van der Waals surface area contributed by atoms with Crippen LogP contribution < -0.4 is 10.2 Å². The average Bonchev–Trinajstić information content (AvgIpc) is 3.17. The van der Waals surface area contributed by atoms with Gasteiger partial charge in [-0.15, -0.1) is 0 Å². The van der Waals surface area contributed by atoms with Crippen LogP contribution in [0.3, 0.4) is 0 Å². The van der Waals surface area contributed by atoms with Crippen molar-refractivity contribution in [3.05, 3.63) is 64.1 Å². The van der Waals surface area contributed by atoms with E-state index in [1.54, 1.807) is 11.9 Å². The highest BCUT2D eigenvalue weighted by atomic mass is 79.9. The van der Waals surface area contributed by atoms with Crippen molar-refractivity contribution in [1.29, 1.82) is 0 Å². The van der Waals surface area contributed by atoms with Crippen LogP contribution in [0.4, 0.5) is 10.5 Å². The molecular formula is C23H26BrN5O2. The number of nitrogens with zero attached hydrogens (tertiary/aromatic N) is 4. The summed E-state index contributed by atoms with van der Waals surface area (Å²) >= 11 is 3.50. The first kappa shape index (κ1) is 20.5. The highest BCUT2D eigenvalue weighted by Gasteiger charge is 2.56. The second-order valence-electron chi connectivity index (χ2n) is 8.44. The molecule has 0 radical (unpaired) electrons. The molecule has 3 unspecified atom stereocenters. The molecule has 3 saturated heterocycles. The van der Waals surface area contributed by atoms with Gasteiger partial charge in [-0.2, -0.15) is 0 Å². The minimum atomic E-state index is -0.394. The van der Waals surface area contributed by atoms with Gasteiger partial charge in [-0.25, -0.2) is 4.79 Å². The van der Waals surface area contributed by atoms with E-state index in [0.29, 0.717) is 6.54 Å². The molecule has 0 saturated carbocycles. The molecule has 7 nitrogen and oxygen atoms in total. The summed E-state index contributed by atoms with van der Waals surface area (Å²) in [4.78, 5) is 34.3. The van der Waals surface area contributed by atoms with Gasteiger partial charge in [-0.3, -0.25) is 19.9 Å². The fraction of sp³-hybridized carbons (Fsp3) is 0.391. The second kappa shape index (κ2) is 7.93. The Kier molecular flexibility index (Phi) is 5.24. The fourth-order valence-corrected chi connectivity index (χ4v) is 5.18. The van der Waals surface area contributed by atoms with E-state index in [2.05, 4.69) is 43.2 Å². The molecule has 5 rings (SSSR count). The SMILES string of the molecule is Cc1ccccc1CN1C(=O)C2C(NC3N(c4ccc(Br)cc4)CCCN23)N(C)C1=O. The van der Waals surface area contributed by atoms with Crippen LogP contribution in [-0.2, 0) is 11.3 Å². The van der Waals surface area contributed by atoms with Crippen molar-refractivity contribution < 1.29 is 9.59 Å². The quantitative estimate of drug-likeness (QED) is 0.726. The van der Waals surface area contributed by atoms with Gasteiger partial charge < -0.3 is 9.80 Å². The number of rotatable bonds is 3. The molecule has 3 aliphatic rings. The number of nitrogens with one attached hydrogen (secondary N) is 1. The Hall–Kier alpha value is -2.42. The van der Waals surface area contributed by atoms with Gasteiger partial charge in [0, 0.05) is 30.3 Å². The van der Waals surface area contributed by atoms with Crippen LogP contribution in [0.25, 0.3) is 0 Å². The Balaban J connectivity index is 1.44. The third kappa shape index (κ3) is 3.43. The van der Waals surface area contributed by atoms with Crippen LogP contribution in [0.15, 0.2) is 53.0 Å². The van der Waals surface area contributed by atoms with E-state index in [1.807, 2.05) is 43.3 Å². The third-order valence-corrected chi connectivity index (χ3v) is 7.15. The van der Waals surface area contributed by atoms with Crippen LogP contribution in [0.5, 0.6) is 0 Å². The third-order valence-electron chi connectivity index (χ3n) is 6.62. The van der Waals surface area contributed by atoms with Crippen molar-refractivity contribution in [1.82, 2.24) is 20.0 Å². The Morgan fingerprint density at radius 3 is 2.55 bits per heavy atom. The van der Waals surface area contributed by atoms with Gasteiger partial charge in [0.05, 0.1) is 6.54 Å². The number of urea groups is 1. The van der Waals surface area contributed by atoms with E-state index >= 15 is 0 Å². The first-order valence-corrected chi connectivity index (χ1v) is 11.4. The Bertz CT molecular complexity index is 1010. The summed E-state index contributed by atoms with van der Waals surface area (Å²) in [6.07, 6.45) is 0.497. The van der Waals surface area contributed by atoms with Crippen LogP contribution in [-0.4, -0.2) is 65.3 Å². The average molecular weight is 484 g/mol. The van der Waals surface area contributed by atoms with Gasteiger partial charge >= 0.3 is 6.03 Å². The zero-order valence-electron chi connectivity index (χ0n) is 17.7. The number of carbonyl (C=O) groups excluding carboxylic acids is 2. The number of benzene rings is 2. The summed E-state index contributed by atoms with van der Waals surface area (Å²) in [5.74, 6) is -0.121. The number of aryl methyl sites for hydroxylation is 1. The monoisotopic (exact) mass is 483 g/mol. The van der Waals surface area contributed by atoms with Crippen LogP contribution >= 0.6 is 15.9 Å². The first-order chi connectivity index (χ1) is 15.0. The molecule has 3 atom stereocenters. The zero-order valence-corrected chi connectivity index (χ0v) is 19.2. The Labute approximate surface area is 190 Å². The fourth-order valence-electron chi connectivity index (χ4n) is 4.92. The molecule has 3 aliphatic heterocycles. The van der Waals surface area contributed by atoms with E-state index in [1.165, 1.54) is 4.90 Å². The van der Waals surface area contributed by atoms with E-state index in [0.717, 1.165) is 40.8 Å². The first-order valence-electron chi connectivity index (χ1n) is 10.6. The summed E-state index contributed by atoms with van der Waals surface area (Å²) in [5.41, 5.74) is 3.17. The molecule has 3 heterocycles. The summed E-state index contributed by atoms with van der Waals surface area (Å²) in [6, 6.07) is 15.5. The lowest BCUT2D eigenvalue weighted by atomic mass is 10.1. The summed E-state index contributed by atoms with van der Waals surface area (Å²) < 4.78 is 1.03. The second-order valence-corrected chi connectivity index (χ2v) is 9.35. The van der Waals surface area contributed by atoms with Crippen LogP contribution in [0.1, 0.15) is 17.5 Å². The van der Waals surface area contributed by atoms with Crippen molar-refractivity contribution in [2.75, 3.05) is 25.0 Å². The number of hydrogen-bond donors (Lipinski definition) is 1. The van der Waals surface area contributed by atoms with Gasteiger partial charge in [0.15, 0.2) is 0 Å². The van der Waals surface area contributed by atoms with Crippen LogP contribution in [0, 0.1) is 6.92 Å². The number of amides is 3. The molecule has 1 N–H and O–H groups in total. The minimum Gasteiger partial charge on any atom is -0.343 e. The maximum Gasteiger partial charge on any atom is 0.328 e. The topological polar surface area (TPSA) is 59.1 Å². The number of anilines is 1. The highest BCUT2D eigenvalue weighted by Crippen LogP contribution is 2.34. The Morgan fingerprint density at radius 1 is 1.06 bits per heavy atom. The number of halogens is 1. The lowest BCUT2D eigenvalue weighted by Gasteiger charge is -2.44. The van der Waals surface area contributed by atoms with E-state index in [-0.39, 0.29) is 24.4 Å². The van der Waals surface area contributed by atoms with Crippen molar-refractivity contribution in [2.24, 2.45) is 0 Å². The van der Waals surface area contributed by atoms with Crippen molar-refractivity contribution in [3.8, 4) is 0 Å². The van der Waals surface area contributed by atoms with Gasteiger partial charge in [-0.1, -0.05) is 40.2 Å². The molecule has 162 valence electrons. The standard InChI is InChI=1S/C23H26BrN5O2/c1-15-6-3-4-7-16(15)14-29-21(30)19-20(26(2)23(29)31)25-22-27(12-5-13-28(19)22)18-10-8-17(24)9-11-18/h3-4,6-11,19-20,22,25H,5,12-14H2,1-2H3. The number of likely N-dealkylation sites (N-methyl/N-ethyl adjacent to an activating group) is 1. The maximum absolute atomic E-state index is 13.6. The molecule has 2 aromatic rings. The molecule has 0 aromatic heterocycles.